The van der Waals surface area contributed by atoms with Gasteiger partial charge >= 0.3 is 5.69 Å². The van der Waals surface area contributed by atoms with E-state index in [9.17, 15) is 10.1 Å². The number of hydrogen-bond acceptors (Lipinski definition) is 5. The van der Waals surface area contributed by atoms with E-state index >= 15 is 0 Å². The van der Waals surface area contributed by atoms with Gasteiger partial charge in [-0.2, -0.15) is 0 Å². The fourth-order valence-electron chi connectivity index (χ4n) is 2.28. The number of nitrogens with zero attached hydrogens (tertiary/aromatic N) is 3. The van der Waals surface area contributed by atoms with Gasteiger partial charge in [0.15, 0.2) is 0 Å². The summed E-state index contributed by atoms with van der Waals surface area (Å²) >= 11 is 5.71. The lowest BCUT2D eigenvalue weighted by Crippen LogP contribution is -2.18. The molecule has 1 aliphatic rings. The molecule has 0 radical (unpaired) electrons. The fourth-order valence-corrected chi connectivity index (χ4v) is 2.48. The van der Waals surface area contributed by atoms with Crippen molar-refractivity contribution in [2.24, 2.45) is 5.92 Å². The maximum absolute atomic E-state index is 10.9. The van der Waals surface area contributed by atoms with Gasteiger partial charge in [0.25, 0.3) is 0 Å². The minimum atomic E-state index is -0.550. The van der Waals surface area contributed by atoms with Crippen LogP contribution in [0.15, 0.2) is 6.33 Å². The summed E-state index contributed by atoms with van der Waals surface area (Å²) in [4.78, 5) is 17.9. The highest BCUT2D eigenvalue weighted by atomic mass is 35.5. The molecule has 1 heterocycles. The summed E-state index contributed by atoms with van der Waals surface area (Å²) in [5.74, 6) is 0.776. The average molecular weight is 271 g/mol. The van der Waals surface area contributed by atoms with Crippen molar-refractivity contribution in [2.45, 2.75) is 32.1 Å². The Labute approximate surface area is 110 Å². The van der Waals surface area contributed by atoms with E-state index in [1.807, 2.05) is 0 Å². The van der Waals surface area contributed by atoms with E-state index in [1.54, 1.807) is 0 Å². The van der Waals surface area contributed by atoms with Crippen LogP contribution in [-0.4, -0.2) is 21.4 Å². The van der Waals surface area contributed by atoms with Crippen molar-refractivity contribution < 1.29 is 4.92 Å². The standard InChI is InChI=1S/C11H15ClN4O2/c12-10-9(16(17)18)11(15-7-14-10)13-6-8-4-2-1-3-5-8/h7-8H,1-6H2,(H,13,14,15). The maximum atomic E-state index is 10.9. The van der Waals surface area contributed by atoms with E-state index in [0.29, 0.717) is 12.5 Å². The smallest absolute Gasteiger partial charge is 0.348 e. The van der Waals surface area contributed by atoms with Crippen molar-refractivity contribution in [3.05, 3.63) is 21.6 Å². The zero-order chi connectivity index (χ0) is 13.0. The molecule has 1 aromatic rings. The molecular weight excluding hydrogens is 256 g/mol. The van der Waals surface area contributed by atoms with E-state index < -0.39 is 4.92 Å². The first-order valence-corrected chi connectivity index (χ1v) is 6.45. The first-order chi connectivity index (χ1) is 8.68. The van der Waals surface area contributed by atoms with Crippen LogP contribution in [0.5, 0.6) is 0 Å². The third kappa shape index (κ3) is 3.07. The molecule has 18 heavy (non-hydrogen) atoms. The molecule has 6 nitrogen and oxygen atoms in total. The molecule has 0 amide bonds. The van der Waals surface area contributed by atoms with Gasteiger partial charge in [0, 0.05) is 6.54 Å². The second-order valence-corrected chi connectivity index (χ2v) is 4.86. The highest BCUT2D eigenvalue weighted by Crippen LogP contribution is 2.29. The van der Waals surface area contributed by atoms with Crippen LogP contribution in [0.3, 0.4) is 0 Å². The lowest BCUT2D eigenvalue weighted by atomic mass is 9.89. The second-order valence-electron chi connectivity index (χ2n) is 4.50. The summed E-state index contributed by atoms with van der Waals surface area (Å²) < 4.78 is 0. The molecule has 1 aliphatic carbocycles. The third-order valence-electron chi connectivity index (χ3n) is 3.24. The van der Waals surface area contributed by atoms with Gasteiger partial charge in [0.05, 0.1) is 4.92 Å². The molecule has 1 fully saturated rings. The van der Waals surface area contributed by atoms with Crippen LogP contribution in [0, 0.1) is 16.0 Å². The lowest BCUT2D eigenvalue weighted by Gasteiger charge is -2.21. The Morgan fingerprint density at radius 2 is 2.11 bits per heavy atom. The average Bonchev–Trinajstić information content (AvgIpc) is 2.37. The summed E-state index contributed by atoms with van der Waals surface area (Å²) in [5.41, 5.74) is -0.241. The number of nitrogens with one attached hydrogen (secondary N) is 1. The van der Waals surface area contributed by atoms with Gasteiger partial charge in [0.2, 0.25) is 11.0 Å². The minimum Gasteiger partial charge on any atom is -0.364 e. The van der Waals surface area contributed by atoms with Gasteiger partial charge in [-0.25, -0.2) is 9.97 Å². The third-order valence-corrected chi connectivity index (χ3v) is 3.52. The molecule has 7 heteroatoms. The highest BCUT2D eigenvalue weighted by molar-refractivity contribution is 6.31. The fraction of sp³-hybridized carbons (Fsp3) is 0.636. The quantitative estimate of drug-likeness (QED) is 0.517. The Morgan fingerprint density at radius 3 is 2.78 bits per heavy atom. The van der Waals surface area contributed by atoms with Crippen LogP contribution in [-0.2, 0) is 0 Å². The van der Waals surface area contributed by atoms with Crippen LogP contribution < -0.4 is 5.32 Å². The van der Waals surface area contributed by atoms with E-state index in [-0.39, 0.29) is 16.7 Å². The van der Waals surface area contributed by atoms with Crippen LogP contribution in [0.1, 0.15) is 32.1 Å². The number of anilines is 1. The number of rotatable bonds is 4. The molecule has 1 N–H and O–H groups in total. The van der Waals surface area contributed by atoms with Crippen LogP contribution in [0.25, 0.3) is 0 Å². The summed E-state index contributed by atoms with van der Waals surface area (Å²) in [6.07, 6.45) is 7.33. The van der Waals surface area contributed by atoms with Gasteiger partial charge < -0.3 is 5.32 Å². The van der Waals surface area contributed by atoms with Crippen molar-refractivity contribution in [1.82, 2.24) is 9.97 Å². The monoisotopic (exact) mass is 270 g/mol. The van der Waals surface area contributed by atoms with Crippen molar-refractivity contribution in [2.75, 3.05) is 11.9 Å². The molecular formula is C11H15ClN4O2. The second kappa shape index (κ2) is 5.95. The SMILES string of the molecule is O=[N+]([O-])c1c(Cl)ncnc1NCC1CCCCC1. The Hall–Kier alpha value is -1.43. The molecule has 98 valence electrons. The molecule has 2 rings (SSSR count). The van der Waals surface area contributed by atoms with Gasteiger partial charge in [0.1, 0.15) is 6.33 Å². The first kappa shape index (κ1) is 13.0. The van der Waals surface area contributed by atoms with Gasteiger partial charge in [-0.3, -0.25) is 10.1 Å². The summed E-state index contributed by atoms with van der Waals surface area (Å²) in [5, 5.41) is 13.8. The van der Waals surface area contributed by atoms with Gasteiger partial charge in [-0.1, -0.05) is 30.9 Å². The minimum absolute atomic E-state index is 0.124. The van der Waals surface area contributed by atoms with Crippen molar-refractivity contribution in [1.29, 1.82) is 0 Å². The Kier molecular flexibility index (Phi) is 4.30. The first-order valence-electron chi connectivity index (χ1n) is 6.07. The topological polar surface area (TPSA) is 81.0 Å². The van der Waals surface area contributed by atoms with Gasteiger partial charge in [-0.15, -0.1) is 0 Å². The Morgan fingerprint density at radius 1 is 1.39 bits per heavy atom. The van der Waals surface area contributed by atoms with Gasteiger partial charge in [-0.05, 0) is 18.8 Å². The predicted octanol–water partition coefficient (Wildman–Crippen LogP) is 3.03. The molecule has 1 aromatic heterocycles. The molecule has 0 spiro atoms. The molecule has 0 atom stereocenters. The largest absolute Gasteiger partial charge is 0.364 e. The molecule has 0 bridgehead atoms. The van der Waals surface area contributed by atoms with Crippen molar-refractivity contribution >= 4 is 23.1 Å². The van der Waals surface area contributed by atoms with E-state index in [0.717, 1.165) is 0 Å². The molecule has 0 aliphatic heterocycles. The highest BCUT2D eigenvalue weighted by Gasteiger charge is 2.22. The summed E-state index contributed by atoms with van der Waals surface area (Å²) in [7, 11) is 0. The summed E-state index contributed by atoms with van der Waals surface area (Å²) in [6.45, 7) is 0.703. The zero-order valence-electron chi connectivity index (χ0n) is 9.93. The van der Waals surface area contributed by atoms with Crippen LogP contribution >= 0.6 is 11.6 Å². The molecule has 0 aromatic carbocycles. The van der Waals surface area contributed by atoms with E-state index in [1.165, 1.54) is 38.4 Å². The normalized spacial score (nSPS) is 16.5. The van der Waals surface area contributed by atoms with E-state index in [2.05, 4.69) is 15.3 Å². The summed E-state index contributed by atoms with van der Waals surface area (Å²) in [6, 6.07) is 0. The van der Waals surface area contributed by atoms with Crippen molar-refractivity contribution in [3.8, 4) is 0 Å². The zero-order valence-corrected chi connectivity index (χ0v) is 10.7. The molecule has 0 unspecified atom stereocenters. The maximum Gasteiger partial charge on any atom is 0.348 e. The van der Waals surface area contributed by atoms with E-state index in [4.69, 9.17) is 11.6 Å². The number of halogens is 1. The van der Waals surface area contributed by atoms with Crippen molar-refractivity contribution in [3.63, 3.8) is 0 Å². The number of nitro groups is 1. The predicted molar refractivity (Wildman–Crippen MR) is 68.8 cm³/mol. The van der Waals surface area contributed by atoms with Crippen LogP contribution in [0.2, 0.25) is 5.15 Å². The number of hydrogen-bond donors (Lipinski definition) is 1. The molecule has 0 saturated heterocycles. The molecule has 1 saturated carbocycles. The Bertz CT molecular complexity index is 435. The van der Waals surface area contributed by atoms with Crippen LogP contribution in [0.4, 0.5) is 11.5 Å². The lowest BCUT2D eigenvalue weighted by molar-refractivity contribution is -0.384. The Balaban J connectivity index is 2.04. The number of aromatic nitrogens is 2.